The average molecular weight is 235 g/mol. The van der Waals surface area contributed by atoms with Crippen LogP contribution in [-0.4, -0.2) is 34.6 Å². The van der Waals surface area contributed by atoms with Crippen molar-refractivity contribution in [3.8, 4) is 12.3 Å². The molecule has 88 valence electrons. The number of hydrogen-bond donors (Lipinski definition) is 1. The van der Waals surface area contributed by atoms with Gasteiger partial charge in [0.05, 0.1) is 11.5 Å². The lowest BCUT2D eigenvalue weighted by atomic mass is 10.2. The Morgan fingerprint density at radius 3 is 2.88 bits per heavy atom. The molecule has 0 saturated heterocycles. The second-order valence-corrected chi connectivity index (χ2v) is 3.18. The number of carboxylic acid groups (broad SMARTS) is 1. The summed E-state index contributed by atoms with van der Waals surface area (Å²) in [6, 6.07) is 1.12. The van der Waals surface area contributed by atoms with Crippen molar-refractivity contribution in [2.24, 2.45) is 0 Å². The van der Waals surface area contributed by atoms with Crippen LogP contribution in [0.5, 0.6) is 0 Å². The zero-order valence-electron chi connectivity index (χ0n) is 8.95. The summed E-state index contributed by atoms with van der Waals surface area (Å²) in [7, 11) is 1.61. The summed E-state index contributed by atoms with van der Waals surface area (Å²) in [4.78, 5) is 26.0. The zero-order valence-corrected chi connectivity index (χ0v) is 8.95. The fourth-order valence-electron chi connectivity index (χ4n) is 1.18. The van der Waals surface area contributed by atoms with E-state index in [1.165, 1.54) is 4.90 Å². The van der Waals surface area contributed by atoms with Crippen LogP contribution in [0.15, 0.2) is 12.3 Å². The molecule has 1 rings (SSSR count). The number of aromatic carboxylic acids is 1. The highest BCUT2D eigenvalue weighted by Crippen LogP contribution is 2.21. The fraction of sp³-hybridized carbons (Fsp3) is 0.200. The highest BCUT2D eigenvalue weighted by atomic mass is 16.6. The van der Waals surface area contributed by atoms with Crippen molar-refractivity contribution < 1.29 is 14.8 Å². The molecule has 0 aliphatic heterocycles. The summed E-state index contributed by atoms with van der Waals surface area (Å²) < 4.78 is 0. The van der Waals surface area contributed by atoms with Gasteiger partial charge in [0.2, 0.25) is 0 Å². The van der Waals surface area contributed by atoms with Gasteiger partial charge in [-0.3, -0.25) is 10.1 Å². The SMILES string of the molecule is C#CCN(C)c1cc(C(=O)O)c([N+](=O)[O-])cn1. The van der Waals surface area contributed by atoms with Crippen LogP contribution in [0.4, 0.5) is 11.5 Å². The van der Waals surface area contributed by atoms with Crippen LogP contribution < -0.4 is 4.90 Å². The molecule has 0 fully saturated rings. The van der Waals surface area contributed by atoms with Crippen molar-refractivity contribution in [2.75, 3.05) is 18.5 Å². The number of anilines is 1. The molecular weight excluding hydrogens is 226 g/mol. The first-order valence-corrected chi connectivity index (χ1v) is 4.49. The topological polar surface area (TPSA) is 96.6 Å². The van der Waals surface area contributed by atoms with E-state index in [0.717, 1.165) is 12.3 Å². The third kappa shape index (κ3) is 2.69. The minimum atomic E-state index is -1.38. The predicted molar refractivity (Wildman–Crippen MR) is 60.0 cm³/mol. The molecule has 0 aliphatic rings. The number of nitro groups is 1. The molecule has 0 aliphatic carbocycles. The van der Waals surface area contributed by atoms with Crippen molar-refractivity contribution >= 4 is 17.5 Å². The Kier molecular flexibility index (Phi) is 3.62. The van der Waals surface area contributed by atoms with E-state index in [9.17, 15) is 14.9 Å². The van der Waals surface area contributed by atoms with Gasteiger partial charge in [-0.25, -0.2) is 9.78 Å². The molecule has 1 aromatic rings. The molecule has 0 spiro atoms. The molecule has 17 heavy (non-hydrogen) atoms. The Morgan fingerprint density at radius 2 is 2.41 bits per heavy atom. The number of carbonyl (C=O) groups is 1. The van der Waals surface area contributed by atoms with Gasteiger partial charge >= 0.3 is 11.7 Å². The summed E-state index contributed by atoms with van der Waals surface area (Å²) >= 11 is 0. The van der Waals surface area contributed by atoms with Gasteiger partial charge in [-0.05, 0) is 0 Å². The van der Waals surface area contributed by atoms with Crippen molar-refractivity contribution in [3.63, 3.8) is 0 Å². The van der Waals surface area contributed by atoms with Gasteiger partial charge in [0, 0.05) is 13.1 Å². The first kappa shape index (κ1) is 12.4. The lowest BCUT2D eigenvalue weighted by Gasteiger charge is -2.14. The van der Waals surface area contributed by atoms with E-state index in [2.05, 4.69) is 10.9 Å². The van der Waals surface area contributed by atoms with E-state index in [0.29, 0.717) is 0 Å². The van der Waals surface area contributed by atoms with Gasteiger partial charge in [-0.15, -0.1) is 6.42 Å². The van der Waals surface area contributed by atoms with E-state index >= 15 is 0 Å². The molecular formula is C10H9N3O4. The van der Waals surface area contributed by atoms with Gasteiger partial charge in [-0.1, -0.05) is 5.92 Å². The lowest BCUT2D eigenvalue weighted by molar-refractivity contribution is -0.385. The Balaban J connectivity index is 3.24. The van der Waals surface area contributed by atoms with E-state index in [1.807, 2.05) is 0 Å². The molecule has 0 saturated carbocycles. The minimum absolute atomic E-state index is 0.226. The molecule has 0 bridgehead atoms. The van der Waals surface area contributed by atoms with Crippen LogP contribution in [-0.2, 0) is 0 Å². The summed E-state index contributed by atoms with van der Waals surface area (Å²) in [5.41, 5.74) is -0.959. The van der Waals surface area contributed by atoms with Crippen molar-refractivity contribution in [1.82, 2.24) is 4.98 Å². The molecule has 0 aromatic carbocycles. The molecule has 0 atom stereocenters. The maximum Gasteiger partial charge on any atom is 0.342 e. The van der Waals surface area contributed by atoms with Gasteiger partial charge in [0.15, 0.2) is 0 Å². The van der Waals surface area contributed by atoms with Crippen LogP contribution in [0.3, 0.4) is 0 Å². The fourth-order valence-corrected chi connectivity index (χ4v) is 1.18. The second-order valence-electron chi connectivity index (χ2n) is 3.18. The molecule has 0 unspecified atom stereocenters. The Hall–Kier alpha value is -2.62. The Bertz CT molecular complexity index is 507. The summed E-state index contributed by atoms with van der Waals surface area (Å²) in [6.45, 7) is 0.226. The van der Waals surface area contributed by atoms with Crippen LogP contribution >= 0.6 is 0 Å². The van der Waals surface area contributed by atoms with Crippen LogP contribution in [0.1, 0.15) is 10.4 Å². The quantitative estimate of drug-likeness (QED) is 0.470. The monoisotopic (exact) mass is 235 g/mol. The first-order chi connectivity index (χ1) is 7.97. The number of nitrogens with zero attached hydrogens (tertiary/aromatic N) is 3. The highest BCUT2D eigenvalue weighted by Gasteiger charge is 2.21. The number of aromatic nitrogens is 1. The van der Waals surface area contributed by atoms with E-state index in [4.69, 9.17) is 11.5 Å². The summed E-state index contributed by atoms with van der Waals surface area (Å²) in [5.74, 6) is 1.25. The van der Waals surface area contributed by atoms with Crippen molar-refractivity contribution in [1.29, 1.82) is 0 Å². The third-order valence-corrected chi connectivity index (χ3v) is 2.02. The number of pyridine rings is 1. The number of terminal acetylenes is 1. The Labute approximate surface area is 96.8 Å². The molecule has 1 N–H and O–H groups in total. The normalized spacial score (nSPS) is 9.41. The van der Waals surface area contributed by atoms with Crippen molar-refractivity contribution in [3.05, 3.63) is 27.9 Å². The Morgan fingerprint density at radius 1 is 1.76 bits per heavy atom. The number of rotatable bonds is 4. The zero-order chi connectivity index (χ0) is 13.0. The summed E-state index contributed by atoms with van der Waals surface area (Å²) in [5, 5.41) is 19.4. The number of carboxylic acids is 1. The highest BCUT2D eigenvalue weighted by molar-refractivity contribution is 5.93. The second kappa shape index (κ2) is 4.94. The molecule has 7 heteroatoms. The first-order valence-electron chi connectivity index (χ1n) is 4.49. The maximum atomic E-state index is 10.9. The van der Waals surface area contributed by atoms with E-state index in [-0.39, 0.29) is 12.4 Å². The molecule has 0 amide bonds. The van der Waals surface area contributed by atoms with Gasteiger partial charge in [-0.2, -0.15) is 0 Å². The molecule has 0 radical (unpaired) electrons. The minimum Gasteiger partial charge on any atom is -0.477 e. The van der Waals surface area contributed by atoms with Gasteiger partial charge in [0.1, 0.15) is 17.6 Å². The van der Waals surface area contributed by atoms with Gasteiger partial charge < -0.3 is 10.0 Å². The smallest absolute Gasteiger partial charge is 0.342 e. The summed E-state index contributed by atoms with van der Waals surface area (Å²) in [6.07, 6.45) is 6.01. The maximum absolute atomic E-state index is 10.9. The predicted octanol–water partition coefficient (Wildman–Crippen LogP) is 0.757. The van der Waals surface area contributed by atoms with Crippen LogP contribution in [0.2, 0.25) is 0 Å². The average Bonchev–Trinajstić information content (AvgIpc) is 2.28. The van der Waals surface area contributed by atoms with Gasteiger partial charge in [0.25, 0.3) is 0 Å². The molecule has 7 nitrogen and oxygen atoms in total. The van der Waals surface area contributed by atoms with Crippen LogP contribution in [0, 0.1) is 22.5 Å². The molecule has 1 aromatic heterocycles. The standard InChI is InChI=1S/C10H9N3O4/c1-3-4-12(2)9-5-7(10(14)15)8(6-11-9)13(16)17/h1,5-6H,4H2,2H3,(H,14,15). The van der Waals surface area contributed by atoms with E-state index in [1.54, 1.807) is 7.05 Å². The third-order valence-electron chi connectivity index (χ3n) is 2.02. The largest absolute Gasteiger partial charge is 0.477 e. The number of hydrogen-bond acceptors (Lipinski definition) is 5. The van der Waals surface area contributed by atoms with Crippen LogP contribution in [0.25, 0.3) is 0 Å². The lowest BCUT2D eigenvalue weighted by Crippen LogP contribution is -2.19. The van der Waals surface area contributed by atoms with E-state index < -0.39 is 22.1 Å². The molecule has 1 heterocycles. The van der Waals surface area contributed by atoms with Crippen molar-refractivity contribution in [2.45, 2.75) is 0 Å².